The highest BCUT2D eigenvalue weighted by Crippen LogP contribution is 2.39. The lowest BCUT2D eigenvalue weighted by Gasteiger charge is -2.41. The number of halogens is 1. The molecule has 1 aromatic carbocycles. The van der Waals surface area contributed by atoms with Gasteiger partial charge in [0.2, 0.25) is 0 Å². The van der Waals surface area contributed by atoms with Gasteiger partial charge in [0.1, 0.15) is 0 Å². The molecule has 0 aliphatic rings. The van der Waals surface area contributed by atoms with Gasteiger partial charge in [-0.1, -0.05) is 80.6 Å². The smallest absolute Gasteiger partial charge is 0.192 e. The largest absolute Gasteiger partial charge is 0.414 e. The highest BCUT2D eigenvalue weighted by Gasteiger charge is 2.39. The van der Waals surface area contributed by atoms with Gasteiger partial charge >= 0.3 is 0 Å². The number of hydrogen-bond acceptors (Lipinski definition) is 2. The normalized spacial score (nSPS) is 15.2. The number of hydrogen-bond donors (Lipinski definition) is 0. The van der Waals surface area contributed by atoms with Crippen molar-refractivity contribution >= 4 is 30.9 Å². The van der Waals surface area contributed by atoms with Crippen LogP contribution >= 0.6 is 22.6 Å². The zero-order valence-electron chi connectivity index (χ0n) is 17.0. The van der Waals surface area contributed by atoms with Crippen molar-refractivity contribution in [3.05, 3.63) is 35.9 Å². The van der Waals surface area contributed by atoms with E-state index in [1.807, 2.05) is 6.07 Å². The molecule has 0 radical (unpaired) electrons. The quantitative estimate of drug-likeness (QED) is 0.151. The van der Waals surface area contributed by atoms with Gasteiger partial charge in [-0.05, 0) is 53.3 Å². The molecular formula is C21H37IO2Si. The lowest BCUT2D eigenvalue weighted by atomic mass is 9.98. The first-order chi connectivity index (χ1) is 11.7. The molecular weight excluding hydrogens is 439 g/mol. The Morgan fingerprint density at radius 1 is 1.08 bits per heavy atom. The summed E-state index contributed by atoms with van der Waals surface area (Å²) in [6, 6.07) is 10.4. The van der Waals surface area contributed by atoms with E-state index in [-0.39, 0.29) is 5.04 Å². The molecule has 1 rings (SSSR count). The third kappa shape index (κ3) is 8.54. The maximum absolute atomic E-state index is 6.76. The molecule has 4 heteroatoms. The zero-order valence-corrected chi connectivity index (χ0v) is 20.1. The van der Waals surface area contributed by atoms with Gasteiger partial charge < -0.3 is 9.16 Å². The molecule has 0 spiro atoms. The van der Waals surface area contributed by atoms with E-state index in [9.17, 15) is 0 Å². The summed E-state index contributed by atoms with van der Waals surface area (Å²) < 4.78 is 13.8. The molecule has 0 aliphatic heterocycles. The van der Waals surface area contributed by atoms with Crippen molar-refractivity contribution in [2.24, 2.45) is 5.92 Å². The van der Waals surface area contributed by atoms with Crippen LogP contribution in [-0.4, -0.2) is 25.5 Å². The van der Waals surface area contributed by atoms with Gasteiger partial charge in [-0.3, -0.25) is 0 Å². The van der Waals surface area contributed by atoms with Crippen LogP contribution in [0.1, 0.15) is 52.5 Å². The second kappa shape index (κ2) is 11.0. The number of benzene rings is 1. The van der Waals surface area contributed by atoms with Crippen molar-refractivity contribution in [3.8, 4) is 0 Å². The fourth-order valence-corrected chi connectivity index (χ4v) is 4.97. The summed E-state index contributed by atoms with van der Waals surface area (Å²) in [7, 11) is -1.72. The minimum absolute atomic E-state index is 0.263. The molecule has 0 saturated heterocycles. The van der Waals surface area contributed by atoms with Crippen LogP contribution in [-0.2, 0) is 15.8 Å². The number of alkyl halides is 1. The Morgan fingerprint density at radius 2 is 1.72 bits per heavy atom. The summed E-state index contributed by atoms with van der Waals surface area (Å²) in [6.45, 7) is 15.6. The van der Waals surface area contributed by atoms with E-state index in [1.165, 1.54) is 16.4 Å². The summed E-state index contributed by atoms with van der Waals surface area (Å²) in [6.07, 6.45) is 3.75. The zero-order chi connectivity index (χ0) is 18.9. The average molecular weight is 477 g/mol. The fourth-order valence-electron chi connectivity index (χ4n) is 2.52. The Balaban J connectivity index is 2.48. The van der Waals surface area contributed by atoms with E-state index >= 15 is 0 Å². The molecule has 0 aliphatic carbocycles. The first kappa shape index (κ1) is 23.1. The number of ether oxygens (including phenoxy) is 1. The van der Waals surface area contributed by atoms with E-state index in [0.717, 1.165) is 19.4 Å². The Kier molecular flexibility index (Phi) is 10.2. The molecule has 2 nitrogen and oxygen atoms in total. The van der Waals surface area contributed by atoms with Crippen molar-refractivity contribution in [1.29, 1.82) is 0 Å². The van der Waals surface area contributed by atoms with Gasteiger partial charge in [0.15, 0.2) is 8.32 Å². The maximum atomic E-state index is 6.76. The van der Waals surface area contributed by atoms with E-state index < -0.39 is 8.32 Å². The van der Waals surface area contributed by atoms with Crippen LogP contribution in [0.25, 0.3) is 0 Å². The second-order valence-corrected chi connectivity index (χ2v) is 14.4. The van der Waals surface area contributed by atoms with E-state index in [1.54, 1.807) is 0 Å². The summed E-state index contributed by atoms with van der Waals surface area (Å²) in [5.41, 5.74) is 1.25. The third-order valence-corrected chi connectivity index (χ3v) is 10.5. The first-order valence-electron chi connectivity index (χ1n) is 9.53. The monoisotopic (exact) mass is 476 g/mol. The van der Waals surface area contributed by atoms with Crippen LogP contribution in [0.2, 0.25) is 18.1 Å². The topological polar surface area (TPSA) is 18.5 Å². The Bertz CT molecular complexity index is 471. The summed E-state index contributed by atoms with van der Waals surface area (Å²) in [5.74, 6) is 0.611. The van der Waals surface area contributed by atoms with Crippen molar-refractivity contribution in [2.45, 2.75) is 77.8 Å². The first-order valence-corrected chi connectivity index (χ1v) is 14.0. The third-order valence-electron chi connectivity index (χ3n) is 5.34. The van der Waals surface area contributed by atoms with Crippen LogP contribution in [0.15, 0.2) is 30.3 Å². The highest BCUT2D eigenvalue weighted by atomic mass is 127. The average Bonchev–Trinajstić information content (AvgIpc) is 2.53. The Labute approximate surface area is 170 Å². The summed E-state index contributed by atoms with van der Waals surface area (Å²) in [5, 5.41) is 0.263. The van der Waals surface area contributed by atoms with E-state index in [2.05, 4.69) is 87.6 Å². The minimum atomic E-state index is -1.72. The lowest BCUT2D eigenvalue weighted by Crippen LogP contribution is -2.45. The molecule has 0 saturated carbocycles. The van der Waals surface area contributed by atoms with Gasteiger partial charge in [0.25, 0.3) is 0 Å². The Hall–Kier alpha value is 0.0869. The molecule has 0 bridgehead atoms. The lowest BCUT2D eigenvalue weighted by molar-refractivity contribution is 0.0805. The van der Waals surface area contributed by atoms with Crippen molar-refractivity contribution in [1.82, 2.24) is 0 Å². The second-order valence-electron chi connectivity index (χ2n) is 8.55. The Morgan fingerprint density at radius 3 is 2.28 bits per heavy atom. The predicted octanol–water partition coefficient (Wildman–Crippen LogP) is 6.84. The molecule has 144 valence electrons. The fraction of sp³-hybridized carbons (Fsp3) is 0.714. The molecule has 25 heavy (non-hydrogen) atoms. The molecule has 0 aromatic heterocycles. The molecule has 0 N–H and O–H groups in total. The summed E-state index contributed by atoms with van der Waals surface area (Å²) >= 11 is 2.48. The maximum Gasteiger partial charge on any atom is 0.192 e. The SMILES string of the molecule is C[C@@H](CCI)[C@@H](CCCOCc1ccccc1)O[Si](C)(C)C(C)(C)C. The van der Waals surface area contributed by atoms with Gasteiger partial charge in [0, 0.05) is 12.7 Å². The van der Waals surface area contributed by atoms with Gasteiger partial charge in [0.05, 0.1) is 6.61 Å². The van der Waals surface area contributed by atoms with Crippen LogP contribution in [0, 0.1) is 5.92 Å². The minimum Gasteiger partial charge on any atom is -0.414 e. The molecule has 0 amide bonds. The predicted molar refractivity (Wildman–Crippen MR) is 120 cm³/mol. The van der Waals surface area contributed by atoms with Crippen LogP contribution in [0.4, 0.5) is 0 Å². The molecule has 0 unspecified atom stereocenters. The summed E-state index contributed by atoms with van der Waals surface area (Å²) in [4.78, 5) is 0. The molecule has 0 fully saturated rings. The molecule has 1 aromatic rings. The van der Waals surface area contributed by atoms with Crippen LogP contribution < -0.4 is 0 Å². The van der Waals surface area contributed by atoms with E-state index in [4.69, 9.17) is 9.16 Å². The van der Waals surface area contributed by atoms with Gasteiger partial charge in [-0.15, -0.1) is 0 Å². The highest BCUT2D eigenvalue weighted by molar-refractivity contribution is 14.1. The van der Waals surface area contributed by atoms with Crippen LogP contribution in [0.3, 0.4) is 0 Å². The van der Waals surface area contributed by atoms with Crippen molar-refractivity contribution in [2.75, 3.05) is 11.0 Å². The van der Waals surface area contributed by atoms with E-state index in [0.29, 0.717) is 18.6 Å². The molecule has 0 heterocycles. The van der Waals surface area contributed by atoms with Crippen molar-refractivity contribution in [3.63, 3.8) is 0 Å². The standard InChI is InChI=1S/C21H37IO2Si/c1-18(14-15-22)20(24-25(5,6)21(2,3)4)13-10-16-23-17-19-11-8-7-9-12-19/h7-9,11-12,18,20H,10,13-17H2,1-6H3/t18-,20+/m0/s1. The van der Waals surface area contributed by atoms with Gasteiger partial charge in [-0.2, -0.15) is 0 Å². The molecule has 2 atom stereocenters. The number of rotatable bonds is 11. The van der Waals surface area contributed by atoms with Crippen LogP contribution in [0.5, 0.6) is 0 Å². The van der Waals surface area contributed by atoms with Crippen molar-refractivity contribution < 1.29 is 9.16 Å². The van der Waals surface area contributed by atoms with Gasteiger partial charge in [-0.25, -0.2) is 0 Å².